The fourth-order valence-corrected chi connectivity index (χ4v) is 9.33. The highest BCUT2D eigenvalue weighted by Crippen LogP contribution is 2.75. The number of hydrogen-bond acceptors (Lipinski definition) is 5. The number of hydrogen-bond donors (Lipinski definition) is 0. The van der Waals surface area contributed by atoms with Crippen LogP contribution < -0.4 is 5.30 Å². The second kappa shape index (κ2) is 10.4. The van der Waals surface area contributed by atoms with Crippen molar-refractivity contribution in [2.75, 3.05) is 0 Å². The van der Waals surface area contributed by atoms with Crippen LogP contribution in [0.25, 0.3) is 22.0 Å². The quantitative estimate of drug-likeness (QED) is 0.145. The first-order chi connectivity index (χ1) is 21.4. The molecule has 0 radical (unpaired) electrons. The van der Waals surface area contributed by atoms with Crippen molar-refractivity contribution < 1.29 is 30.9 Å². The van der Waals surface area contributed by atoms with E-state index < -0.39 is 30.6 Å². The number of aromatic nitrogens is 6. The molecule has 0 unspecified atom stereocenters. The molecule has 1 fully saturated rings. The van der Waals surface area contributed by atoms with Gasteiger partial charge in [0.25, 0.3) is 0 Å². The Kier molecular flexibility index (Phi) is 6.70. The number of nitrogens with zero attached hydrogens (tertiary/aromatic N) is 6. The molecule has 0 spiro atoms. The average Bonchev–Trinajstić information content (AvgIpc) is 3.82. The molecule has 5 aromatic rings. The van der Waals surface area contributed by atoms with Gasteiger partial charge in [0.15, 0.2) is 7.14 Å². The molecule has 7 rings (SSSR count). The molecule has 1 aliphatic carbocycles. The highest BCUT2D eigenvalue weighted by Gasteiger charge is 2.48. The predicted molar refractivity (Wildman–Crippen MR) is 154 cm³/mol. The number of rotatable bonds is 5. The zero-order chi connectivity index (χ0) is 31.6. The molecule has 0 amide bonds. The Bertz CT molecular complexity index is 1900. The Morgan fingerprint density at radius 2 is 1.02 bits per heavy atom. The third-order valence-corrected chi connectivity index (χ3v) is 11.2. The van der Waals surface area contributed by atoms with E-state index in [9.17, 15) is 26.3 Å². The van der Waals surface area contributed by atoms with Crippen molar-refractivity contribution in [3.05, 3.63) is 125 Å². The summed E-state index contributed by atoms with van der Waals surface area (Å²) in [7, 11) is -3.65. The molecule has 1 saturated carbocycles. The fourth-order valence-electron chi connectivity index (χ4n) is 5.89. The van der Waals surface area contributed by atoms with E-state index in [2.05, 4.69) is 20.6 Å². The summed E-state index contributed by atoms with van der Waals surface area (Å²) in [4.78, 5) is 0. The molecular weight excluding hydrogens is 617 g/mol. The van der Waals surface area contributed by atoms with Gasteiger partial charge in [-0.15, -0.1) is 10.2 Å². The minimum absolute atomic E-state index is 0.321. The van der Waals surface area contributed by atoms with E-state index >= 15 is 4.57 Å². The van der Waals surface area contributed by atoms with Crippen molar-refractivity contribution in [3.8, 4) is 11.4 Å². The first-order valence-electron chi connectivity index (χ1n) is 13.8. The second-order valence-corrected chi connectivity index (χ2v) is 13.3. The van der Waals surface area contributed by atoms with Gasteiger partial charge in [-0.1, -0.05) is 40.8 Å². The first kappa shape index (κ1) is 29.0. The van der Waals surface area contributed by atoms with Gasteiger partial charge in [0, 0.05) is 5.30 Å². The van der Waals surface area contributed by atoms with Crippen LogP contribution in [0.5, 0.6) is 0 Å². The molecule has 1 aliphatic heterocycles. The largest absolute Gasteiger partial charge is 0.416 e. The number of alkyl halides is 6. The van der Waals surface area contributed by atoms with Crippen molar-refractivity contribution in [1.82, 2.24) is 30.0 Å². The minimum Gasteiger partial charge on any atom is -0.308 e. The van der Waals surface area contributed by atoms with Gasteiger partial charge in [0.1, 0.15) is 11.4 Å². The maximum absolute atomic E-state index is 15.6. The van der Waals surface area contributed by atoms with Crippen LogP contribution in [0.3, 0.4) is 0 Å². The summed E-state index contributed by atoms with van der Waals surface area (Å²) in [5.74, 6) is 0. The summed E-state index contributed by atoms with van der Waals surface area (Å²) in [5, 5.41) is 18.5. The third kappa shape index (κ3) is 4.91. The van der Waals surface area contributed by atoms with Gasteiger partial charge < -0.3 is 4.57 Å². The molecule has 45 heavy (non-hydrogen) atoms. The molecule has 3 aromatic carbocycles. The second-order valence-electron chi connectivity index (χ2n) is 10.6. The summed E-state index contributed by atoms with van der Waals surface area (Å²) >= 11 is 0. The van der Waals surface area contributed by atoms with Crippen molar-refractivity contribution >= 4 is 23.1 Å². The molecule has 2 aromatic heterocycles. The Morgan fingerprint density at radius 1 is 0.600 bits per heavy atom. The number of halogens is 6. The van der Waals surface area contributed by atoms with Crippen molar-refractivity contribution in [2.45, 2.75) is 31.6 Å². The molecule has 7 nitrogen and oxygen atoms in total. The van der Waals surface area contributed by atoms with E-state index in [4.69, 9.17) is 0 Å². The zero-order valence-electron chi connectivity index (χ0n) is 23.1. The highest BCUT2D eigenvalue weighted by atomic mass is 31.2. The predicted octanol–water partition coefficient (Wildman–Crippen LogP) is 7.89. The highest BCUT2D eigenvalue weighted by molar-refractivity contribution is 7.90. The van der Waals surface area contributed by atoms with E-state index in [0.717, 1.165) is 41.8 Å². The third-order valence-electron chi connectivity index (χ3n) is 7.93. The Hall–Kier alpha value is -4.77. The monoisotopic (exact) mass is 638 g/mol. The molecule has 0 bridgehead atoms. The van der Waals surface area contributed by atoms with Gasteiger partial charge in [0.2, 0.25) is 0 Å². The van der Waals surface area contributed by atoms with Gasteiger partial charge in [-0.3, -0.25) is 0 Å². The molecule has 2 aliphatic rings. The summed E-state index contributed by atoms with van der Waals surface area (Å²) in [6.45, 7) is 0. The SMILES string of the molecule is O=P1(c2ccccc2)C(c2cn(-c3ccc(C(F)(F)F)cc3)nn2)=C2CCCC2=C1c1cn(-c2ccc(C(F)(F)F)cc2)nn1. The van der Waals surface area contributed by atoms with Gasteiger partial charge in [0.05, 0.1) is 45.5 Å². The fraction of sp³-hybridized carbons (Fsp3) is 0.161. The zero-order valence-corrected chi connectivity index (χ0v) is 24.0. The topological polar surface area (TPSA) is 78.5 Å². The van der Waals surface area contributed by atoms with Crippen molar-refractivity contribution in [1.29, 1.82) is 0 Å². The molecule has 0 N–H and O–H groups in total. The van der Waals surface area contributed by atoms with Crippen molar-refractivity contribution in [2.24, 2.45) is 0 Å². The molecule has 14 heteroatoms. The summed E-state index contributed by atoms with van der Waals surface area (Å²) in [6.07, 6.45) is -3.85. The number of benzene rings is 3. The maximum atomic E-state index is 15.6. The molecular formula is C31H21F6N6OP. The van der Waals surface area contributed by atoms with Gasteiger partial charge in [-0.05, 0) is 78.9 Å². The number of allylic oxidation sites excluding steroid dienone is 2. The van der Waals surface area contributed by atoms with Crippen LogP contribution in [0.4, 0.5) is 26.3 Å². The van der Waals surface area contributed by atoms with Crippen molar-refractivity contribution in [3.63, 3.8) is 0 Å². The summed E-state index contributed by atoms with van der Waals surface area (Å²) in [5.41, 5.74) is 1.44. The van der Waals surface area contributed by atoms with E-state index in [-0.39, 0.29) is 0 Å². The van der Waals surface area contributed by atoms with Crippen LogP contribution in [0.1, 0.15) is 41.8 Å². The summed E-state index contributed by atoms with van der Waals surface area (Å²) in [6, 6.07) is 17.8. The van der Waals surface area contributed by atoms with Gasteiger partial charge in [-0.2, -0.15) is 26.3 Å². The first-order valence-corrected chi connectivity index (χ1v) is 15.5. The molecule has 0 atom stereocenters. The van der Waals surface area contributed by atoms with Crippen LogP contribution in [-0.4, -0.2) is 30.0 Å². The molecule has 3 heterocycles. The lowest BCUT2D eigenvalue weighted by Crippen LogP contribution is -2.07. The maximum Gasteiger partial charge on any atom is 0.416 e. The molecule has 228 valence electrons. The Morgan fingerprint density at radius 3 is 1.42 bits per heavy atom. The Balaban J connectivity index is 1.32. The van der Waals surface area contributed by atoms with Gasteiger partial charge >= 0.3 is 12.4 Å². The van der Waals surface area contributed by atoms with Gasteiger partial charge in [-0.25, -0.2) is 9.36 Å². The minimum atomic E-state index is -4.49. The Labute approximate surface area is 251 Å². The lowest BCUT2D eigenvalue weighted by molar-refractivity contribution is -0.138. The summed E-state index contributed by atoms with van der Waals surface area (Å²) < 4.78 is 96.9. The van der Waals surface area contributed by atoms with Crippen LogP contribution in [0, 0.1) is 0 Å². The van der Waals surface area contributed by atoms with E-state index in [1.165, 1.54) is 33.6 Å². The smallest absolute Gasteiger partial charge is 0.308 e. The average molecular weight is 639 g/mol. The van der Waals surface area contributed by atoms with E-state index in [0.29, 0.717) is 51.5 Å². The van der Waals surface area contributed by atoms with Crippen LogP contribution >= 0.6 is 7.14 Å². The normalized spacial score (nSPS) is 16.5. The molecule has 0 saturated heterocycles. The lowest BCUT2D eigenvalue weighted by atomic mass is 10.1. The lowest BCUT2D eigenvalue weighted by Gasteiger charge is -2.20. The van der Waals surface area contributed by atoms with E-state index in [1.807, 2.05) is 0 Å². The number of fused-ring (bicyclic) bond motifs is 1. The van der Waals surface area contributed by atoms with Crippen LogP contribution in [0.2, 0.25) is 0 Å². The van der Waals surface area contributed by atoms with Crippen LogP contribution in [0.15, 0.2) is 102 Å². The standard InChI is InChI=1S/C31H21F6N6OP/c32-30(33,34)19-9-13-21(14-10-19)42-17-26(38-40-42)28-24-7-4-8-25(24)29(45(28,44)23-5-2-1-3-6-23)27-18-43(41-39-27)22-15-11-20(12-16-22)31(35,36)37/h1-3,5-6,9-18H,4,7-8H2. The van der Waals surface area contributed by atoms with E-state index in [1.54, 1.807) is 42.7 Å². The van der Waals surface area contributed by atoms with Crippen LogP contribution in [-0.2, 0) is 16.9 Å².